The summed E-state index contributed by atoms with van der Waals surface area (Å²) in [4.78, 5) is 4.32. The first kappa shape index (κ1) is 24.8. The predicted molar refractivity (Wildman–Crippen MR) is 107 cm³/mol. The monoisotopic (exact) mass is 489 g/mol. The standard InChI is InChI=1S/C17H26F3N3O2.HI/c1-3-21-16(22-11-7-8-12-24-4-2)23-13-14-9-5-6-10-15(14)25-17(18,19)20;/h5-6,9-10H,3-4,7-8,11-13H2,1-2H3,(H2,21,22,23);1H. The third-order valence-corrected chi connectivity index (χ3v) is 3.16. The van der Waals surface area contributed by atoms with Crippen molar-refractivity contribution >= 4 is 29.9 Å². The lowest BCUT2D eigenvalue weighted by Crippen LogP contribution is -2.37. The van der Waals surface area contributed by atoms with Gasteiger partial charge >= 0.3 is 6.36 Å². The lowest BCUT2D eigenvalue weighted by atomic mass is 10.2. The molecule has 0 heterocycles. The fourth-order valence-corrected chi connectivity index (χ4v) is 2.04. The van der Waals surface area contributed by atoms with Gasteiger partial charge in [-0.25, -0.2) is 4.99 Å². The first-order chi connectivity index (χ1) is 12.0. The number of unbranched alkanes of at least 4 members (excludes halogenated alkanes) is 1. The molecule has 0 amide bonds. The Labute approximate surface area is 169 Å². The zero-order chi connectivity index (χ0) is 18.5. The molecule has 0 spiro atoms. The molecule has 0 unspecified atom stereocenters. The maximum absolute atomic E-state index is 12.4. The maximum Gasteiger partial charge on any atom is 0.573 e. The molecule has 0 radical (unpaired) electrons. The summed E-state index contributed by atoms with van der Waals surface area (Å²) in [5, 5.41) is 6.22. The van der Waals surface area contributed by atoms with Gasteiger partial charge in [0.1, 0.15) is 5.75 Å². The van der Waals surface area contributed by atoms with E-state index in [9.17, 15) is 13.2 Å². The SMILES string of the molecule is CCNC(=NCc1ccccc1OC(F)(F)F)NCCCCOCC.I. The molecule has 5 nitrogen and oxygen atoms in total. The summed E-state index contributed by atoms with van der Waals surface area (Å²) in [6, 6.07) is 6.00. The molecule has 1 aromatic rings. The summed E-state index contributed by atoms with van der Waals surface area (Å²) in [6.45, 7) is 6.75. The van der Waals surface area contributed by atoms with Gasteiger partial charge in [0, 0.05) is 31.9 Å². The van der Waals surface area contributed by atoms with Crippen LogP contribution in [0.25, 0.3) is 0 Å². The van der Waals surface area contributed by atoms with Crippen molar-refractivity contribution in [2.75, 3.05) is 26.3 Å². The van der Waals surface area contributed by atoms with Crippen molar-refractivity contribution in [3.8, 4) is 5.75 Å². The van der Waals surface area contributed by atoms with Gasteiger partial charge < -0.3 is 20.1 Å². The predicted octanol–water partition coefficient (Wildman–Crippen LogP) is 4.08. The van der Waals surface area contributed by atoms with Crippen LogP contribution in [-0.4, -0.2) is 38.6 Å². The highest BCUT2D eigenvalue weighted by Crippen LogP contribution is 2.26. The second kappa shape index (κ2) is 13.9. The van der Waals surface area contributed by atoms with Crippen LogP contribution in [0.2, 0.25) is 0 Å². The zero-order valence-corrected chi connectivity index (χ0v) is 17.4. The molecule has 0 aliphatic carbocycles. The number of hydrogen-bond acceptors (Lipinski definition) is 3. The van der Waals surface area contributed by atoms with Crippen molar-refractivity contribution in [1.82, 2.24) is 10.6 Å². The van der Waals surface area contributed by atoms with Gasteiger partial charge in [-0.05, 0) is 32.8 Å². The van der Waals surface area contributed by atoms with Crippen molar-refractivity contribution in [2.24, 2.45) is 4.99 Å². The molecule has 0 aromatic heterocycles. The Kier molecular flexibility index (Phi) is 13.2. The molecule has 0 aliphatic heterocycles. The highest BCUT2D eigenvalue weighted by Gasteiger charge is 2.31. The van der Waals surface area contributed by atoms with Crippen molar-refractivity contribution in [3.05, 3.63) is 29.8 Å². The normalized spacial score (nSPS) is 11.7. The van der Waals surface area contributed by atoms with Crippen molar-refractivity contribution in [2.45, 2.75) is 39.6 Å². The molecule has 26 heavy (non-hydrogen) atoms. The largest absolute Gasteiger partial charge is 0.573 e. The molecular weight excluding hydrogens is 462 g/mol. The highest BCUT2D eigenvalue weighted by molar-refractivity contribution is 14.0. The van der Waals surface area contributed by atoms with Crippen LogP contribution in [0.15, 0.2) is 29.3 Å². The first-order valence-electron chi connectivity index (χ1n) is 8.39. The van der Waals surface area contributed by atoms with Crippen molar-refractivity contribution < 1.29 is 22.6 Å². The Hall–Kier alpha value is -1.23. The number of hydrogen-bond donors (Lipinski definition) is 2. The Bertz CT molecular complexity index is 528. The molecule has 2 N–H and O–H groups in total. The van der Waals surface area contributed by atoms with Gasteiger partial charge in [0.05, 0.1) is 6.54 Å². The van der Waals surface area contributed by atoms with Gasteiger partial charge in [-0.3, -0.25) is 0 Å². The van der Waals surface area contributed by atoms with Crippen LogP contribution < -0.4 is 15.4 Å². The average molecular weight is 489 g/mol. The molecule has 0 atom stereocenters. The minimum atomic E-state index is -4.72. The topological polar surface area (TPSA) is 54.9 Å². The van der Waals surface area contributed by atoms with Crippen LogP contribution in [0.5, 0.6) is 5.75 Å². The third-order valence-electron chi connectivity index (χ3n) is 3.16. The molecule has 0 saturated carbocycles. The summed E-state index contributed by atoms with van der Waals surface area (Å²) in [6.07, 6.45) is -2.87. The molecule has 150 valence electrons. The van der Waals surface area contributed by atoms with Gasteiger partial charge in [0.15, 0.2) is 5.96 Å². The van der Waals surface area contributed by atoms with E-state index >= 15 is 0 Å². The quantitative estimate of drug-likeness (QED) is 0.225. The smallest absolute Gasteiger partial charge is 0.405 e. The molecular formula is C17H27F3IN3O2. The molecule has 0 bridgehead atoms. The zero-order valence-electron chi connectivity index (χ0n) is 15.1. The number of guanidine groups is 1. The van der Waals surface area contributed by atoms with E-state index < -0.39 is 6.36 Å². The minimum Gasteiger partial charge on any atom is -0.405 e. The van der Waals surface area contributed by atoms with E-state index in [1.165, 1.54) is 12.1 Å². The first-order valence-corrected chi connectivity index (χ1v) is 8.39. The summed E-state index contributed by atoms with van der Waals surface area (Å²) in [5.74, 6) is 0.326. The highest BCUT2D eigenvalue weighted by atomic mass is 127. The summed E-state index contributed by atoms with van der Waals surface area (Å²) < 4.78 is 46.6. The number of nitrogens with one attached hydrogen (secondary N) is 2. The number of nitrogens with zero attached hydrogens (tertiary/aromatic N) is 1. The lowest BCUT2D eigenvalue weighted by Gasteiger charge is -2.14. The summed E-state index contributed by atoms with van der Waals surface area (Å²) in [7, 11) is 0. The average Bonchev–Trinajstić information content (AvgIpc) is 2.55. The van der Waals surface area contributed by atoms with Crippen LogP contribution in [0.3, 0.4) is 0 Å². The maximum atomic E-state index is 12.4. The lowest BCUT2D eigenvalue weighted by molar-refractivity contribution is -0.274. The summed E-state index contributed by atoms with van der Waals surface area (Å²) >= 11 is 0. The fourth-order valence-electron chi connectivity index (χ4n) is 2.04. The van der Waals surface area contributed by atoms with E-state index in [1.807, 2.05) is 13.8 Å². The van der Waals surface area contributed by atoms with E-state index in [2.05, 4.69) is 20.4 Å². The van der Waals surface area contributed by atoms with Crippen LogP contribution in [0.4, 0.5) is 13.2 Å². The van der Waals surface area contributed by atoms with E-state index in [-0.39, 0.29) is 36.3 Å². The van der Waals surface area contributed by atoms with Gasteiger partial charge in [-0.1, -0.05) is 18.2 Å². The molecule has 0 aliphatic rings. The van der Waals surface area contributed by atoms with E-state index in [4.69, 9.17) is 4.74 Å². The van der Waals surface area contributed by atoms with Gasteiger partial charge in [-0.15, -0.1) is 37.1 Å². The fraction of sp³-hybridized carbons (Fsp3) is 0.588. The minimum absolute atomic E-state index is 0. The van der Waals surface area contributed by atoms with E-state index in [0.29, 0.717) is 37.8 Å². The van der Waals surface area contributed by atoms with Gasteiger partial charge in [-0.2, -0.15) is 0 Å². The molecule has 1 aromatic carbocycles. The van der Waals surface area contributed by atoms with Crippen LogP contribution in [0, 0.1) is 0 Å². The van der Waals surface area contributed by atoms with Gasteiger partial charge in [0.2, 0.25) is 0 Å². The molecule has 1 rings (SSSR count). The Morgan fingerprint density at radius 3 is 2.50 bits per heavy atom. The Morgan fingerprint density at radius 2 is 1.85 bits per heavy atom. The van der Waals surface area contributed by atoms with E-state index in [0.717, 1.165) is 12.8 Å². The number of alkyl halides is 3. The van der Waals surface area contributed by atoms with Crippen LogP contribution in [-0.2, 0) is 11.3 Å². The third kappa shape index (κ3) is 11.4. The molecule has 9 heteroatoms. The van der Waals surface area contributed by atoms with Crippen molar-refractivity contribution in [3.63, 3.8) is 0 Å². The number of aliphatic imine (C=N–C) groups is 1. The Morgan fingerprint density at radius 1 is 1.12 bits per heavy atom. The van der Waals surface area contributed by atoms with Crippen molar-refractivity contribution in [1.29, 1.82) is 0 Å². The van der Waals surface area contributed by atoms with Gasteiger partial charge in [0.25, 0.3) is 0 Å². The second-order valence-corrected chi connectivity index (χ2v) is 5.18. The molecule has 0 fully saturated rings. The number of benzene rings is 1. The van der Waals surface area contributed by atoms with Crippen LogP contribution in [0.1, 0.15) is 32.3 Å². The number of rotatable bonds is 10. The number of halogens is 4. The number of para-hydroxylation sites is 1. The summed E-state index contributed by atoms with van der Waals surface area (Å²) in [5.41, 5.74) is 0.369. The second-order valence-electron chi connectivity index (χ2n) is 5.18. The Balaban J connectivity index is 0.00000625. The number of ether oxygens (including phenoxy) is 2. The van der Waals surface area contributed by atoms with Crippen LogP contribution >= 0.6 is 24.0 Å². The molecule has 0 saturated heterocycles. The van der Waals surface area contributed by atoms with E-state index in [1.54, 1.807) is 12.1 Å².